The molecule has 0 amide bonds. The Hall–Kier alpha value is -5.00. The summed E-state index contributed by atoms with van der Waals surface area (Å²) in [4.78, 5) is 43.1. The number of non-ortho nitro benzene ring substituents is 1. The van der Waals surface area contributed by atoms with Gasteiger partial charge in [0.2, 0.25) is 0 Å². The number of carbonyl (C=O) groups is 1. The Kier molecular flexibility index (Phi) is 7.90. The van der Waals surface area contributed by atoms with E-state index < -0.39 is 16.9 Å². The zero-order valence-corrected chi connectivity index (χ0v) is 26.3. The molecule has 0 bridgehead atoms. The van der Waals surface area contributed by atoms with Crippen LogP contribution in [0.3, 0.4) is 0 Å². The van der Waals surface area contributed by atoms with Crippen molar-refractivity contribution in [1.29, 1.82) is 0 Å². The smallest absolute Gasteiger partial charge is 0.338 e. The van der Waals surface area contributed by atoms with E-state index in [2.05, 4.69) is 9.56 Å². The number of fused-ring (bicyclic) bond motifs is 2. The number of aromatic nitrogens is 2. The summed E-state index contributed by atoms with van der Waals surface area (Å²) in [5.41, 5.74) is 4.51. The standard InChI is InChI=1S/C33H27ClN4O6S/c1-18-29(32(40)44-4)30(25-15-21(34)11-14-27(25)43-3)37-31(39)28(45-33(37)35-18)16-24-19(2)36(26-8-6-5-7-23(24)26)17-20-9-12-22(13-10-20)38(41)42/h5-16,30H,17H2,1-4H3/b28-16-/t30-/m1/s1. The fraction of sp³-hybridized carbons (Fsp3) is 0.182. The van der Waals surface area contributed by atoms with Crippen LogP contribution in [0.5, 0.6) is 5.75 Å². The zero-order valence-electron chi connectivity index (χ0n) is 24.7. The Morgan fingerprint density at radius 3 is 2.53 bits per heavy atom. The third kappa shape index (κ3) is 5.23. The van der Waals surface area contributed by atoms with Gasteiger partial charge in [-0.15, -0.1) is 0 Å². The second kappa shape index (κ2) is 11.8. The first-order chi connectivity index (χ1) is 21.6. The summed E-state index contributed by atoms with van der Waals surface area (Å²) in [6, 6.07) is 18.5. The number of hydrogen-bond acceptors (Lipinski definition) is 8. The van der Waals surface area contributed by atoms with Gasteiger partial charge >= 0.3 is 5.97 Å². The normalized spacial score (nSPS) is 14.8. The van der Waals surface area contributed by atoms with E-state index in [0.717, 1.165) is 27.7 Å². The Bertz CT molecular complexity index is 2230. The van der Waals surface area contributed by atoms with E-state index in [1.165, 1.54) is 42.3 Å². The number of ether oxygens (including phenoxy) is 2. The number of nitro groups is 1. The third-order valence-corrected chi connectivity index (χ3v) is 9.17. The highest BCUT2D eigenvalue weighted by Gasteiger charge is 2.35. The number of thiazole rings is 1. The molecule has 0 spiro atoms. The highest BCUT2D eigenvalue weighted by atomic mass is 35.5. The van der Waals surface area contributed by atoms with E-state index in [9.17, 15) is 19.7 Å². The van der Waals surface area contributed by atoms with Gasteiger partial charge in [0.05, 0.1) is 34.9 Å². The monoisotopic (exact) mass is 642 g/mol. The fourth-order valence-electron chi connectivity index (χ4n) is 5.79. The maximum absolute atomic E-state index is 14.3. The van der Waals surface area contributed by atoms with Gasteiger partial charge in [0.15, 0.2) is 4.80 Å². The van der Waals surface area contributed by atoms with Gasteiger partial charge in [0, 0.05) is 51.4 Å². The number of nitrogens with zero attached hydrogens (tertiary/aromatic N) is 4. The summed E-state index contributed by atoms with van der Waals surface area (Å²) in [5.74, 6) is -0.150. The van der Waals surface area contributed by atoms with Crippen molar-refractivity contribution >= 4 is 51.6 Å². The molecule has 5 aromatic rings. The Balaban J connectivity index is 1.54. The van der Waals surface area contributed by atoms with Gasteiger partial charge in [-0.3, -0.25) is 19.5 Å². The molecular formula is C33H27ClN4O6S. The molecule has 0 aliphatic carbocycles. The molecule has 0 radical (unpaired) electrons. The van der Waals surface area contributed by atoms with E-state index in [-0.39, 0.29) is 16.8 Å². The van der Waals surface area contributed by atoms with E-state index in [1.54, 1.807) is 37.3 Å². The maximum Gasteiger partial charge on any atom is 0.338 e. The molecule has 12 heteroatoms. The number of rotatable bonds is 7. The van der Waals surface area contributed by atoms with Gasteiger partial charge in [0.1, 0.15) is 11.8 Å². The molecule has 1 atom stereocenters. The predicted molar refractivity (Wildman–Crippen MR) is 173 cm³/mol. The van der Waals surface area contributed by atoms with Gasteiger partial charge in [-0.25, -0.2) is 9.79 Å². The molecule has 10 nitrogen and oxygen atoms in total. The van der Waals surface area contributed by atoms with Crippen molar-refractivity contribution in [3.63, 3.8) is 0 Å². The number of nitro benzene ring substituents is 1. The van der Waals surface area contributed by atoms with Crippen molar-refractivity contribution in [2.24, 2.45) is 4.99 Å². The van der Waals surface area contributed by atoms with E-state index in [1.807, 2.05) is 37.3 Å². The molecule has 0 unspecified atom stereocenters. The topological polar surface area (TPSA) is 118 Å². The average molecular weight is 643 g/mol. The summed E-state index contributed by atoms with van der Waals surface area (Å²) in [6.45, 7) is 4.17. The molecule has 6 rings (SSSR count). The lowest BCUT2D eigenvalue weighted by Gasteiger charge is -2.25. The van der Waals surface area contributed by atoms with Crippen LogP contribution in [-0.2, 0) is 16.1 Å². The van der Waals surface area contributed by atoms with Crippen LogP contribution in [0.25, 0.3) is 17.0 Å². The second-order valence-corrected chi connectivity index (χ2v) is 11.9. The first kappa shape index (κ1) is 30.0. The van der Waals surface area contributed by atoms with Crippen LogP contribution in [0.2, 0.25) is 5.02 Å². The molecule has 0 saturated carbocycles. The van der Waals surface area contributed by atoms with Gasteiger partial charge in [-0.1, -0.05) is 53.3 Å². The number of allylic oxidation sites excluding steroid dienone is 1. The van der Waals surface area contributed by atoms with Crippen LogP contribution in [-0.4, -0.2) is 34.2 Å². The minimum Gasteiger partial charge on any atom is -0.496 e. The SMILES string of the molecule is COC(=O)C1=C(C)N=c2s/c(=C\c3c(C)n(Cc4ccc([N+](=O)[O-])cc4)c4ccccc34)c(=O)n2[C@@H]1c1cc(Cl)ccc1OC. The first-order valence-electron chi connectivity index (χ1n) is 13.9. The molecule has 0 N–H and O–H groups in total. The van der Waals surface area contributed by atoms with Gasteiger partial charge in [-0.05, 0) is 49.8 Å². The number of halogens is 1. The minimum absolute atomic E-state index is 0.0307. The van der Waals surface area contributed by atoms with Crippen molar-refractivity contribution < 1.29 is 19.2 Å². The lowest BCUT2D eigenvalue weighted by molar-refractivity contribution is -0.384. The highest BCUT2D eigenvalue weighted by molar-refractivity contribution is 7.07. The molecule has 1 aliphatic heterocycles. The van der Waals surface area contributed by atoms with Crippen LogP contribution in [0.1, 0.15) is 35.3 Å². The molecule has 0 saturated heterocycles. The highest BCUT2D eigenvalue weighted by Crippen LogP contribution is 2.37. The quantitative estimate of drug-likeness (QED) is 0.135. The van der Waals surface area contributed by atoms with Crippen molar-refractivity contribution in [2.45, 2.75) is 26.4 Å². The lowest BCUT2D eigenvalue weighted by Crippen LogP contribution is -2.40. The van der Waals surface area contributed by atoms with Crippen molar-refractivity contribution in [2.75, 3.05) is 14.2 Å². The largest absolute Gasteiger partial charge is 0.496 e. The summed E-state index contributed by atoms with van der Waals surface area (Å²) in [6.07, 6.45) is 1.86. The van der Waals surface area contributed by atoms with Gasteiger partial charge in [0.25, 0.3) is 11.2 Å². The number of esters is 1. The van der Waals surface area contributed by atoms with E-state index >= 15 is 0 Å². The summed E-state index contributed by atoms with van der Waals surface area (Å²) >= 11 is 7.62. The van der Waals surface area contributed by atoms with Crippen LogP contribution in [0.15, 0.2) is 87.8 Å². The predicted octanol–water partition coefficient (Wildman–Crippen LogP) is 5.29. The molecule has 228 valence electrons. The fourth-order valence-corrected chi connectivity index (χ4v) is 7.00. The summed E-state index contributed by atoms with van der Waals surface area (Å²) in [7, 11) is 2.80. The van der Waals surface area contributed by atoms with Crippen molar-refractivity contribution in [1.82, 2.24) is 9.13 Å². The van der Waals surface area contributed by atoms with Gasteiger partial charge < -0.3 is 14.0 Å². The molecule has 2 aromatic heterocycles. The molecule has 45 heavy (non-hydrogen) atoms. The molecule has 0 fully saturated rings. The van der Waals surface area contributed by atoms with E-state index in [4.69, 9.17) is 21.1 Å². The number of carbonyl (C=O) groups excluding carboxylic acids is 1. The van der Waals surface area contributed by atoms with Crippen LogP contribution < -0.4 is 19.6 Å². The number of para-hydroxylation sites is 1. The molecule has 3 heterocycles. The Labute approximate surface area is 265 Å². The third-order valence-electron chi connectivity index (χ3n) is 7.96. The molecular weight excluding hydrogens is 616 g/mol. The lowest BCUT2D eigenvalue weighted by atomic mass is 9.95. The maximum atomic E-state index is 14.3. The number of methoxy groups -OCH3 is 2. The van der Waals surface area contributed by atoms with Crippen LogP contribution in [0, 0.1) is 17.0 Å². The zero-order chi connectivity index (χ0) is 32.0. The Morgan fingerprint density at radius 2 is 1.84 bits per heavy atom. The van der Waals surface area contributed by atoms with Crippen molar-refractivity contribution in [3.8, 4) is 5.75 Å². The van der Waals surface area contributed by atoms with Crippen LogP contribution in [0.4, 0.5) is 5.69 Å². The number of hydrogen-bond donors (Lipinski definition) is 0. The molecule has 1 aliphatic rings. The van der Waals surface area contributed by atoms with Crippen molar-refractivity contribution in [3.05, 3.63) is 135 Å². The average Bonchev–Trinajstić information content (AvgIpc) is 3.48. The molecule has 3 aromatic carbocycles. The minimum atomic E-state index is -0.880. The van der Waals surface area contributed by atoms with E-state index in [0.29, 0.717) is 37.9 Å². The number of benzene rings is 3. The summed E-state index contributed by atoms with van der Waals surface area (Å²) < 4.78 is 14.8. The second-order valence-electron chi connectivity index (χ2n) is 10.5. The Morgan fingerprint density at radius 1 is 1.11 bits per heavy atom. The van der Waals surface area contributed by atoms with Crippen LogP contribution >= 0.6 is 22.9 Å². The summed E-state index contributed by atoms with van der Waals surface area (Å²) in [5, 5.41) is 12.5. The first-order valence-corrected chi connectivity index (χ1v) is 15.1. The van der Waals surface area contributed by atoms with Gasteiger partial charge in [-0.2, -0.15) is 0 Å².